The molecule has 0 aliphatic carbocycles. The summed E-state index contributed by atoms with van der Waals surface area (Å²) in [5, 5.41) is 33.5. The van der Waals surface area contributed by atoms with E-state index in [0.29, 0.717) is 122 Å². The summed E-state index contributed by atoms with van der Waals surface area (Å²) in [5.41, 5.74) is 5.05. The molecule has 0 bridgehead atoms. The Morgan fingerprint density at radius 3 is 2.44 bits per heavy atom. The average Bonchev–Trinajstić information content (AvgIpc) is 3.89. The Hall–Kier alpha value is -7.11. The number of furan rings is 1. The van der Waals surface area contributed by atoms with Crippen molar-refractivity contribution in [3.63, 3.8) is 0 Å². The topological polar surface area (TPSA) is 197 Å². The molecule has 0 unspecified atom stereocenters. The molecule has 7 aromatic rings. The number of hydrogen-bond acceptors (Lipinski definition) is 14. The third kappa shape index (κ3) is 7.94. The summed E-state index contributed by atoms with van der Waals surface area (Å²) in [6.07, 6.45) is 1.25. The first-order chi connectivity index (χ1) is 30.1. The molecule has 0 radical (unpaired) electrons. The largest absolute Gasteiger partial charge is 0.508 e. The number of phenolic OH excluding ortho intramolecular Hbond substituents is 2. The van der Waals surface area contributed by atoms with Crippen LogP contribution in [0.15, 0.2) is 83.4 Å². The predicted octanol–water partition coefficient (Wildman–Crippen LogP) is 6.12. The number of phenols is 2. The van der Waals surface area contributed by atoms with E-state index in [2.05, 4.69) is 30.3 Å². The predicted molar refractivity (Wildman–Crippen MR) is 231 cm³/mol. The van der Waals surface area contributed by atoms with Crippen molar-refractivity contribution in [2.45, 2.75) is 33.2 Å². The lowest BCUT2D eigenvalue weighted by molar-refractivity contribution is 0.0943. The van der Waals surface area contributed by atoms with E-state index < -0.39 is 12.0 Å². The van der Waals surface area contributed by atoms with E-state index in [-0.39, 0.29) is 29.1 Å². The molecule has 0 saturated carbocycles. The Morgan fingerprint density at radius 1 is 0.887 bits per heavy atom. The second-order valence-corrected chi connectivity index (χ2v) is 15.6. The Labute approximate surface area is 356 Å². The van der Waals surface area contributed by atoms with E-state index in [4.69, 9.17) is 23.9 Å². The highest BCUT2D eigenvalue weighted by Gasteiger charge is 2.27. The molecule has 2 aliphatic heterocycles. The standard InChI is InChI=1S/C45H46N10O7/c1-4-46-43(58)42-51-50-40(34-24-33(27(2)3)35(56)25-36(34)57)55(42)30-12-10-28(11-13-30)26-52-15-17-54(18-16-52)45(59)61-31-8-5-7-29(23-31)39-48-37-32-9-6-14-47-44(32)62-38(37)41(49-39)53-19-21-60-22-20-53/h5-14,23-25,27,56-57H,4,15-22,26H2,1-3H3,(H,46,58). The minimum Gasteiger partial charge on any atom is -0.508 e. The lowest BCUT2D eigenvalue weighted by atomic mass is 9.98. The summed E-state index contributed by atoms with van der Waals surface area (Å²) in [7, 11) is 0. The fourth-order valence-electron chi connectivity index (χ4n) is 7.87. The number of amides is 2. The SMILES string of the molecule is CCNC(=O)c1nnc(-c2cc(C(C)C)c(O)cc2O)n1-c1ccc(CN2CCN(C(=O)Oc3cccc(-c4nc(N5CCOCC5)c5oc6ncccc6c5n4)c3)CC2)cc1. The van der Waals surface area contributed by atoms with E-state index in [1.165, 1.54) is 6.07 Å². The molecular weight excluding hydrogens is 793 g/mol. The Bertz CT molecular complexity index is 2770. The van der Waals surface area contributed by atoms with Crippen molar-refractivity contribution < 1.29 is 33.7 Å². The molecular formula is C45H46N10O7. The normalized spacial score (nSPS) is 14.8. The minimum absolute atomic E-state index is 0.0228. The van der Waals surface area contributed by atoms with E-state index in [0.717, 1.165) is 10.9 Å². The van der Waals surface area contributed by atoms with Crippen LogP contribution < -0.4 is 15.0 Å². The number of rotatable bonds is 10. The Balaban J connectivity index is 0.871. The van der Waals surface area contributed by atoms with Gasteiger partial charge in [-0.25, -0.2) is 19.7 Å². The van der Waals surface area contributed by atoms with Gasteiger partial charge >= 0.3 is 6.09 Å². The van der Waals surface area contributed by atoms with Crippen LogP contribution in [0.2, 0.25) is 0 Å². The van der Waals surface area contributed by atoms with Crippen LogP contribution in [0.4, 0.5) is 10.6 Å². The van der Waals surface area contributed by atoms with Crippen molar-refractivity contribution in [2.24, 2.45) is 0 Å². The van der Waals surface area contributed by atoms with Crippen molar-refractivity contribution in [1.29, 1.82) is 0 Å². The van der Waals surface area contributed by atoms with Gasteiger partial charge in [0.05, 0.1) is 24.2 Å². The molecule has 4 aromatic heterocycles. The number of anilines is 1. The second-order valence-electron chi connectivity index (χ2n) is 15.6. The van der Waals surface area contributed by atoms with Crippen molar-refractivity contribution in [2.75, 3.05) is 63.9 Å². The molecule has 2 saturated heterocycles. The van der Waals surface area contributed by atoms with Gasteiger partial charge in [-0.3, -0.25) is 14.3 Å². The Morgan fingerprint density at radius 2 is 1.68 bits per heavy atom. The fraction of sp³-hybridized carbons (Fsp3) is 0.311. The molecule has 2 amide bonds. The quantitative estimate of drug-likeness (QED) is 0.142. The van der Waals surface area contributed by atoms with E-state index in [9.17, 15) is 19.8 Å². The number of benzene rings is 3. The zero-order valence-electron chi connectivity index (χ0n) is 34.6. The van der Waals surface area contributed by atoms with Crippen molar-refractivity contribution in [1.82, 2.24) is 44.8 Å². The number of morpholine rings is 1. The van der Waals surface area contributed by atoms with Crippen LogP contribution in [0, 0.1) is 0 Å². The Kier molecular flexibility index (Phi) is 11.1. The van der Waals surface area contributed by atoms with Crippen LogP contribution in [-0.2, 0) is 11.3 Å². The molecule has 3 N–H and O–H groups in total. The maximum atomic E-state index is 13.5. The van der Waals surface area contributed by atoms with E-state index in [1.54, 1.807) is 33.9 Å². The first-order valence-electron chi connectivity index (χ1n) is 20.7. The monoisotopic (exact) mass is 838 g/mol. The maximum absolute atomic E-state index is 13.5. The maximum Gasteiger partial charge on any atom is 0.415 e. The molecule has 0 atom stereocenters. The molecule has 3 aromatic carbocycles. The van der Waals surface area contributed by atoms with Crippen molar-refractivity contribution >= 4 is 40.0 Å². The summed E-state index contributed by atoms with van der Waals surface area (Å²) < 4.78 is 19.3. The van der Waals surface area contributed by atoms with Crippen LogP contribution in [0.3, 0.4) is 0 Å². The van der Waals surface area contributed by atoms with Gasteiger partial charge < -0.3 is 39.2 Å². The number of carbonyl (C=O) groups excluding carboxylic acids is 2. The number of aromatic nitrogens is 6. The zero-order chi connectivity index (χ0) is 42.9. The lowest BCUT2D eigenvalue weighted by Crippen LogP contribution is -2.49. The van der Waals surface area contributed by atoms with Gasteiger partial charge in [0, 0.05) is 75.9 Å². The number of ether oxygens (including phenoxy) is 2. The third-order valence-corrected chi connectivity index (χ3v) is 11.1. The highest BCUT2D eigenvalue weighted by Crippen LogP contribution is 2.39. The number of aromatic hydroxyl groups is 2. The van der Waals surface area contributed by atoms with Gasteiger partial charge in [-0.1, -0.05) is 38.1 Å². The van der Waals surface area contributed by atoms with Crippen molar-refractivity contribution in [3.8, 4) is 45.7 Å². The molecule has 318 valence electrons. The number of hydrogen-bond donors (Lipinski definition) is 3. The number of carbonyl (C=O) groups is 2. The highest BCUT2D eigenvalue weighted by atomic mass is 16.6. The number of fused-ring (bicyclic) bond motifs is 3. The summed E-state index contributed by atoms with van der Waals surface area (Å²) in [6, 6.07) is 21.7. The van der Waals surface area contributed by atoms with Gasteiger partial charge in [0.2, 0.25) is 11.5 Å². The number of nitrogens with zero attached hydrogens (tertiary/aromatic N) is 9. The van der Waals surface area contributed by atoms with Crippen molar-refractivity contribution in [3.05, 3.63) is 95.9 Å². The van der Waals surface area contributed by atoms with Crippen LogP contribution in [0.5, 0.6) is 17.2 Å². The van der Waals surface area contributed by atoms with Gasteiger partial charge in [0.15, 0.2) is 23.0 Å². The highest BCUT2D eigenvalue weighted by molar-refractivity contribution is 6.05. The van der Waals surface area contributed by atoms with E-state index >= 15 is 0 Å². The minimum atomic E-state index is -0.434. The molecule has 17 heteroatoms. The molecule has 17 nitrogen and oxygen atoms in total. The second kappa shape index (κ2) is 17.1. The summed E-state index contributed by atoms with van der Waals surface area (Å²) >= 11 is 0. The number of pyridine rings is 1. The third-order valence-electron chi connectivity index (χ3n) is 11.1. The molecule has 2 aliphatic rings. The van der Waals surface area contributed by atoms with Gasteiger partial charge in [0.1, 0.15) is 22.8 Å². The summed E-state index contributed by atoms with van der Waals surface area (Å²) in [5.74, 6) is 1.23. The van der Waals surface area contributed by atoms with Crippen LogP contribution in [0.1, 0.15) is 48.4 Å². The molecule has 0 spiro atoms. The summed E-state index contributed by atoms with van der Waals surface area (Å²) in [4.78, 5) is 46.9. The van der Waals surface area contributed by atoms with Crippen LogP contribution in [0.25, 0.3) is 50.7 Å². The van der Waals surface area contributed by atoms with Gasteiger partial charge in [-0.15, -0.1) is 10.2 Å². The molecule has 6 heterocycles. The molecule has 62 heavy (non-hydrogen) atoms. The zero-order valence-corrected chi connectivity index (χ0v) is 34.6. The fourth-order valence-corrected chi connectivity index (χ4v) is 7.87. The number of nitrogens with one attached hydrogen (secondary N) is 1. The first kappa shape index (κ1) is 40.3. The lowest BCUT2D eigenvalue weighted by Gasteiger charge is -2.34. The van der Waals surface area contributed by atoms with Gasteiger partial charge in [-0.2, -0.15) is 0 Å². The van der Waals surface area contributed by atoms with Crippen LogP contribution >= 0.6 is 0 Å². The van der Waals surface area contributed by atoms with Gasteiger partial charge in [-0.05, 0) is 66.4 Å². The summed E-state index contributed by atoms with van der Waals surface area (Å²) in [6.45, 7) is 11.4. The first-order valence-corrected chi connectivity index (χ1v) is 20.7. The number of piperazine rings is 1. The van der Waals surface area contributed by atoms with E-state index in [1.807, 2.05) is 69.3 Å². The molecule has 9 rings (SSSR count). The average molecular weight is 839 g/mol. The smallest absolute Gasteiger partial charge is 0.415 e. The molecule has 2 fully saturated rings. The van der Waals surface area contributed by atoms with Crippen LogP contribution in [-0.4, -0.2) is 121 Å². The van der Waals surface area contributed by atoms with Gasteiger partial charge in [0.25, 0.3) is 5.91 Å².